The quantitative estimate of drug-likeness (QED) is 0.613. The summed E-state index contributed by atoms with van der Waals surface area (Å²) in [5, 5.41) is 12.6. The third-order valence-electron chi connectivity index (χ3n) is 4.36. The third kappa shape index (κ3) is 4.06. The number of aryl methyl sites for hydroxylation is 1. The Bertz CT molecular complexity index is 978. The number of nitriles is 1. The predicted molar refractivity (Wildman–Crippen MR) is 112 cm³/mol. The Balaban J connectivity index is 2.03. The zero-order valence-electron chi connectivity index (χ0n) is 15.4. The zero-order valence-corrected chi connectivity index (χ0v) is 17.0. The molecule has 0 spiro atoms. The van der Waals surface area contributed by atoms with Crippen LogP contribution in [0, 0.1) is 18.3 Å². The molecule has 2 aromatic carbocycles. The maximum absolute atomic E-state index is 13.2. The Labute approximate surface area is 173 Å². The number of hydrogen-bond acceptors (Lipinski definition) is 4. The molecule has 1 heterocycles. The van der Waals surface area contributed by atoms with Crippen molar-refractivity contribution in [3.63, 3.8) is 0 Å². The minimum atomic E-state index is -0.512. The van der Waals surface area contributed by atoms with Crippen molar-refractivity contribution >= 4 is 40.9 Å². The molecule has 142 valence electrons. The second-order valence-electron chi connectivity index (χ2n) is 6.32. The van der Waals surface area contributed by atoms with E-state index in [0.717, 1.165) is 11.1 Å². The molecule has 1 fully saturated rings. The van der Waals surface area contributed by atoms with E-state index in [4.69, 9.17) is 11.6 Å². The largest absolute Gasteiger partial charge is 0.354 e. The molecule has 2 amide bonds. The van der Waals surface area contributed by atoms with Gasteiger partial charge in [-0.1, -0.05) is 53.2 Å². The first-order chi connectivity index (χ1) is 13.4. The van der Waals surface area contributed by atoms with Crippen molar-refractivity contribution < 1.29 is 9.59 Å². The van der Waals surface area contributed by atoms with Gasteiger partial charge in [-0.05, 0) is 43.2 Å². The predicted octanol–water partition coefficient (Wildman–Crippen LogP) is 3.82. The lowest BCUT2D eigenvalue weighted by molar-refractivity contribution is -0.117. The maximum Gasteiger partial charge on any atom is 0.264 e. The number of nitrogens with zero attached hydrogens (tertiary/aromatic N) is 2. The first-order valence-corrected chi connectivity index (χ1v) is 9.88. The molecule has 2 aromatic rings. The van der Waals surface area contributed by atoms with Crippen LogP contribution < -0.4 is 10.2 Å². The van der Waals surface area contributed by atoms with Crippen LogP contribution in [0.4, 0.5) is 5.69 Å². The summed E-state index contributed by atoms with van der Waals surface area (Å²) >= 11 is 7.18. The van der Waals surface area contributed by atoms with Gasteiger partial charge >= 0.3 is 0 Å². The van der Waals surface area contributed by atoms with Crippen LogP contribution >= 0.6 is 23.4 Å². The van der Waals surface area contributed by atoms with E-state index in [1.165, 1.54) is 23.7 Å². The molecular formula is C21H18ClN3O2S. The molecule has 0 saturated carbocycles. The van der Waals surface area contributed by atoms with Crippen LogP contribution in [0.2, 0.25) is 5.02 Å². The Morgan fingerprint density at radius 3 is 2.43 bits per heavy atom. The highest BCUT2D eigenvalue weighted by atomic mass is 35.5. The number of nitrogens with one attached hydrogen (secondary N) is 1. The molecule has 1 unspecified atom stereocenters. The Morgan fingerprint density at radius 2 is 1.86 bits per heavy atom. The van der Waals surface area contributed by atoms with Crippen LogP contribution in [0.15, 0.2) is 59.1 Å². The van der Waals surface area contributed by atoms with E-state index in [9.17, 15) is 14.9 Å². The van der Waals surface area contributed by atoms with E-state index in [0.29, 0.717) is 22.2 Å². The molecule has 3 rings (SSSR count). The van der Waals surface area contributed by atoms with E-state index in [-0.39, 0.29) is 11.5 Å². The van der Waals surface area contributed by atoms with E-state index in [1.54, 1.807) is 12.1 Å². The smallest absolute Gasteiger partial charge is 0.264 e. The number of thioether (sulfide) groups is 1. The Kier molecular flexibility index (Phi) is 6.08. The fourth-order valence-corrected chi connectivity index (χ4v) is 4.31. The van der Waals surface area contributed by atoms with Crippen molar-refractivity contribution in [3.05, 3.63) is 75.3 Å². The van der Waals surface area contributed by atoms with Crippen LogP contribution in [0.5, 0.6) is 0 Å². The average molecular weight is 412 g/mol. The van der Waals surface area contributed by atoms with Gasteiger partial charge in [0, 0.05) is 17.8 Å². The van der Waals surface area contributed by atoms with Gasteiger partial charge in [0.1, 0.15) is 16.7 Å². The lowest BCUT2D eigenvalue weighted by atomic mass is 10.1. The Hall–Kier alpha value is -2.75. The fourth-order valence-electron chi connectivity index (χ4n) is 2.88. The monoisotopic (exact) mass is 411 g/mol. The van der Waals surface area contributed by atoms with Crippen molar-refractivity contribution in [2.75, 3.05) is 11.9 Å². The summed E-state index contributed by atoms with van der Waals surface area (Å²) in [5.41, 5.74) is 2.57. The van der Waals surface area contributed by atoms with Crippen LogP contribution in [0.25, 0.3) is 0 Å². The van der Waals surface area contributed by atoms with Crippen molar-refractivity contribution in [2.24, 2.45) is 0 Å². The van der Waals surface area contributed by atoms with Gasteiger partial charge in [0.15, 0.2) is 0 Å². The summed E-state index contributed by atoms with van der Waals surface area (Å²) in [5.74, 6) is -0.669. The Morgan fingerprint density at radius 1 is 1.21 bits per heavy atom. The second-order valence-corrected chi connectivity index (χ2v) is 7.95. The summed E-state index contributed by atoms with van der Waals surface area (Å²) in [4.78, 5) is 26.9. The molecule has 0 bridgehead atoms. The summed E-state index contributed by atoms with van der Waals surface area (Å²) in [6.45, 7) is 1.95. The van der Waals surface area contributed by atoms with Crippen molar-refractivity contribution in [1.82, 2.24) is 5.32 Å². The number of anilines is 1. The molecule has 28 heavy (non-hydrogen) atoms. The molecule has 1 atom stereocenters. The number of hydrogen-bond donors (Lipinski definition) is 1. The van der Waals surface area contributed by atoms with E-state index >= 15 is 0 Å². The van der Waals surface area contributed by atoms with E-state index in [2.05, 4.69) is 5.32 Å². The summed E-state index contributed by atoms with van der Waals surface area (Å²) < 4.78 is 0. The van der Waals surface area contributed by atoms with Crippen molar-refractivity contribution in [1.29, 1.82) is 5.26 Å². The van der Waals surface area contributed by atoms with Gasteiger partial charge in [0.2, 0.25) is 5.91 Å². The van der Waals surface area contributed by atoms with Gasteiger partial charge < -0.3 is 5.32 Å². The SMILES string of the molecule is CNC(=O)/C(C#N)=C1\SC(Cc2ccc(Cl)cc2)C(=O)N1c1ccc(C)cc1. The summed E-state index contributed by atoms with van der Waals surface area (Å²) in [6, 6.07) is 16.7. The molecule has 1 N–H and O–H groups in total. The molecule has 0 aliphatic carbocycles. The van der Waals surface area contributed by atoms with Gasteiger partial charge in [0.25, 0.3) is 5.91 Å². The van der Waals surface area contributed by atoms with Crippen molar-refractivity contribution in [2.45, 2.75) is 18.6 Å². The van der Waals surface area contributed by atoms with Crippen LogP contribution in [0.3, 0.4) is 0 Å². The number of rotatable bonds is 4. The zero-order chi connectivity index (χ0) is 20.3. The highest BCUT2D eigenvalue weighted by molar-refractivity contribution is 8.05. The molecule has 1 saturated heterocycles. The van der Waals surface area contributed by atoms with E-state index in [1.807, 2.05) is 49.4 Å². The molecule has 1 aliphatic heterocycles. The van der Waals surface area contributed by atoms with Gasteiger partial charge in [-0.25, -0.2) is 0 Å². The average Bonchev–Trinajstić information content (AvgIpc) is 3.00. The van der Waals surface area contributed by atoms with Gasteiger partial charge in [-0.15, -0.1) is 0 Å². The maximum atomic E-state index is 13.2. The van der Waals surface area contributed by atoms with Crippen LogP contribution in [0.1, 0.15) is 11.1 Å². The topological polar surface area (TPSA) is 73.2 Å². The number of amides is 2. The first kappa shape index (κ1) is 20.0. The van der Waals surface area contributed by atoms with Crippen molar-refractivity contribution in [3.8, 4) is 6.07 Å². The normalized spacial score (nSPS) is 18.0. The lowest BCUT2D eigenvalue weighted by Gasteiger charge is -2.18. The standard InChI is InChI=1S/C21H18ClN3O2S/c1-13-3-9-16(10-4-13)25-20(27)18(11-14-5-7-15(22)8-6-14)28-21(25)17(12-23)19(26)24-2/h3-10,18H,11H2,1-2H3,(H,24,26)/b21-17-. The second kappa shape index (κ2) is 8.51. The first-order valence-electron chi connectivity index (χ1n) is 8.62. The van der Waals surface area contributed by atoms with Crippen LogP contribution in [-0.4, -0.2) is 24.1 Å². The summed E-state index contributed by atoms with van der Waals surface area (Å²) in [7, 11) is 1.46. The molecule has 5 nitrogen and oxygen atoms in total. The molecule has 0 aromatic heterocycles. The highest BCUT2D eigenvalue weighted by Gasteiger charge is 2.40. The molecule has 1 aliphatic rings. The van der Waals surface area contributed by atoms with Gasteiger partial charge in [0.05, 0.1) is 5.25 Å². The lowest BCUT2D eigenvalue weighted by Crippen LogP contribution is -2.31. The fraction of sp³-hybridized carbons (Fsp3) is 0.190. The van der Waals surface area contributed by atoms with Gasteiger partial charge in [-0.3, -0.25) is 14.5 Å². The molecular weight excluding hydrogens is 394 g/mol. The number of carbonyl (C=O) groups excluding carboxylic acids is 2. The van der Waals surface area contributed by atoms with E-state index < -0.39 is 11.2 Å². The number of benzene rings is 2. The number of halogens is 1. The highest BCUT2D eigenvalue weighted by Crippen LogP contribution is 2.42. The summed E-state index contributed by atoms with van der Waals surface area (Å²) in [6.07, 6.45) is 0.471. The molecule has 0 radical (unpaired) electrons. The minimum absolute atomic E-state index is 0.0694. The number of likely N-dealkylation sites (N-methyl/N-ethyl adjacent to an activating group) is 1. The van der Waals surface area contributed by atoms with Gasteiger partial charge in [-0.2, -0.15) is 5.26 Å². The third-order valence-corrected chi connectivity index (χ3v) is 5.87. The number of carbonyl (C=O) groups is 2. The minimum Gasteiger partial charge on any atom is -0.354 e. The van der Waals surface area contributed by atoms with Crippen LogP contribution in [-0.2, 0) is 16.0 Å². The molecule has 7 heteroatoms.